The van der Waals surface area contributed by atoms with Gasteiger partial charge in [-0.05, 0) is 68.7 Å². The van der Waals surface area contributed by atoms with Crippen molar-refractivity contribution in [3.63, 3.8) is 0 Å². The number of hydrogen-bond acceptors (Lipinski definition) is 6. The highest BCUT2D eigenvalue weighted by atomic mass is 16.5. The number of nitrogens with one attached hydrogen (secondary N) is 1. The Hall–Kier alpha value is -2.31. The maximum Gasteiger partial charge on any atom is 0.203 e. The highest BCUT2D eigenvalue weighted by Crippen LogP contribution is 2.40. The summed E-state index contributed by atoms with van der Waals surface area (Å²) in [5.74, 6) is 2.63. The number of nitrogens with zero attached hydrogens (tertiary/aromatic N) is 2. The van der Waals surface area contributed by atoms with E-state index in [9.17, 15) is 0 Å². The topological polar surface area (TPSA) is 55.9 Å². The fourth-order valence-corrected chi connectivity index (χ4v) is 3.84. The number of rotatable bonds is 8. The van der Waals surface area contributed by atoms with Gasteiger partial charge in [-0.3, -0.25) is 4.98 Å². The lowest BCUT2D eigenvalue weighted by molar-refractivity contribution is 0.234. The van der Waals surface area contributed by atoms with E-state index in [4.69, 9.17) is 14.2 Å². The molecule has 1 saturated heterocycles. The summed E-state index contributed by atoms with van der Waals surface area (Å²) in [7, 11) is 7.06. The van der Waals surface area contributed by atoms with E-state index in [0.717, 1.165) is 43.4 Å². The van der Waals surface area contributed by atoms with E-state index in [1.807, 2.05) is 18.3 Å². The molecule has 3 rings (SSSR count). The molecule has 0 saturated carbocycles. The van der Waals surface area contributed by atoms with Crippen molar-refractivity contribution in [2.24, 2.45) is 5.92 Å². The molecule has 1 fully saturated rings. The molecule has 1 aromatic carbocycles. The summed E-state index contributed by atoms with van der Waals surface area (Å²) < 4.78 is 16.4. The van der Waals surface area contributed by atoms with Crippen molar-refractivity contribution in [3.8, 4) is 28.5 Å². The lowest BCUT2D eigenvalue weighted by Gasteiger charge is -2.27. The van der Waals surface area contributed by atoms with E-state index in [-0.39, 0.29) is 0 Å². The first kappa shape index (κ1) is 20.4. The summed E-state index contributed by atoms with van der Waals surface area (Å²) >= 11 is 0. The SMILES string of the molecule is COc1cc(-c2cc(CN(C)CC3CCNCC3)ccn2)cc(OC)c1OC. The Balaban J connectivity index is 1.77. The fourth-order valence-electron chi connectivity index (χ4n) is 3.84. The van der Waals surface area contributed by atoms with Gasteiger partial charge in [-0.25, -0.2) is 0 Å². The normalized spacial score (nSPS) is 14.9. The van der Waals surface area contributed by atoms with Crippen molar-refractivity contribution in [2.75, 3.05) is 48.0 Å². The van der Waals surface area contributed by atoms with Gasteiger partial charge in [-0.2, -0.15) is 0 Å². The first-order valence-electron chi connectivity index (χ1n) is 9.79. The van der Waals surface area contributed by atoms with Crippen LogP contribution >= 0.6 is 0 Å². The van der Waals surface area contributed by atoms with E-state index in [1.165, 1.54) is 18.4 Å². The summed E-state index contributed by atoms with van der Waals surface area (Å²) in [4.78, 5) is 6.97. The largest absolute Gasteiger partial charge is 0.493 e. The maximum atomic E-state index is 5.47. The van der Waals surface area contributed by atoms with Crippen LogP contribution < -0.4 is 19.5 Å². The van der Waals surface area contributed by atoms with Gasteiger partial charge in [0.25, 0.3) is 0 Å². The predicted octanol–water partition coefficient (Wildman–Crippen LogP) is 3.21. The van der Waals surface area contributed by atoms with Gasteiger partial charge >= 0.3 is 0 Å². The summed E-state index contributed by atoms with van der Waals surface area (Å²) in [6, 6.07) is 8.10. The molecule has 152 valence electrons. The molecule has 6 nitrogen and oxygen atoms in total. The lowest BCUT2D eigenvalue weighted by Crippen LogP contribution is -2.34. The summed E-state index contributed by atoms with van der Waals surface area (Å²) in [6.45, 7) is 4.31. The summed E-state index contributed by atoms with van der Waals surface area (Å²) in [6.07, 6.45) is 4.39. The van der Waals surface area contributed by atoms with E-state index in [1.54, 1.807) is 21.3 Å². The molecular formula is C22H31N3O3. The first-order valence-corrected chi connectivity index (χ1v) is 9.79. The Morgan fingerprint density at radius 3 is 2.32 bits per heavy atom. The molecule has 28 heavy (non-hydrogen) atoms. The van der Waals surface area contributed by atoms with Crippen LogP contribution in [0.25, 0.3) is 11.3 Å². The Morgan fingerprint density at radius 1 is 1.04 bits per heavy atom. The van der Waals surface area contributed by atoms with Gasteiger partial charge in [-0.15, -0.1) is 0 Å². The third-order valence-corrected chi connectivity index (χ3v) is 5.27. The predicted molar refractivity (Wildman–Crippen MR) is 111 cm³/mol. The Morgan fingerprint density at radius 2 is 1.71 bits per heavy atom. The number of pyridine rings is 1. The molecule has 0 aliphatic carbocycles. The molecule has 0 atom stereocenters. The third-order valence-electron chi connectivity index (χ3n) is 5.27. The summed E-state index contributed by atoms with van der Waals surface area (Å²) in [5.41, 5.74) is 3.08. The summed E-state index contributed by atoms with van der Waals surface area (Å²) in [5, 5.41) is 3.43. The molecule has 1 aliphatic rings. The van der Waals surface area contributed by atoms with Crippen LogP contribution in [0, 0.1) is 5.92 Å². The number of benzene rings is 1. The molecule has 0 bridgehead atoms. The highest BCUT2D eigenvalue weighted by molar-refractivity contribution is 5.69. The molecule has 1 aromatic heterocycles. The maximum absolute atomic E-state index is 5.47. The molecule has 1 N–H and O–H groups in total. The van der Waals surface area contributed by atoms with Crippen molar-refractivity contribution < 1.29 is 14.2 Å². The van der Waals surface area contributed by atoms with Gasteiger partial charge in [0.05, 0.1) is 27.0 Å². The number of methoxy groups -OCH3 is 3. The zero-order valence-electron chi connectivity index (χ0n) is 17.3. The van der Waals surface area contributed by atoms with Crippen molar-refractivity contribution in [1.82, 2.24) is 15.2 Å². The van der Waals surface area contributed by atoms with Gasteiger partial charge in [0.15, 0.2) is 11.5 Å². The molecule has 0 amide bonds. The average molecular weight is 386 g/mol. The number of aromatic nitrogens is 1. The molecular weight excluding hydrogens is 354 g/mol. The van der Waals surface area contributed by atoms with Gasteiger partial charge < -0.3 is 24.4 Å². The first-order chi connectivity index (χ1) is 13.6. The van der Waals surface area contributed by atoms with Crippen LogP contribution in [-0.4, -0.2) is 57.9 Å². The molecule has 1 aliphatic heterocycles. The van der Waals surface area contributed by atoms with Crippen molar-refractivity contribution in [3.05, 3.63) is 36.0 Å². The zero-order valence-corrected chi connectivity index (χ0v) is 17.3. The van der Waals surface area contributed by atoms with Crippen LogP contribution in [0.15, 0.2) is 30.5 Å². The Bertz CT molecular complexity index is 750. The molecule has 0 unspecified atom stereocenters. The molecule has 0 spiro atoms. The van der Waals surface area contributed by atoms with Crippen molar-refractivity contribution >= 4 is 0 Å². The molecule has 2 aromatic rings. The second-order valence-corrected chi connectivity index (χ2v) is 7.35. The van der Waals surface area contributed by atoms with Gasteiger partial charge in [0, 0.05) is 24.8 Å². The van der Waals surface area contributed by atoms with Crippen LogP contribution in [0.5, 0.6) is 17.2 Å². The minimum absolute atomic E-state index is 0.589. The zero-order chi connectivity index (χ0) is 19.9. The van der Waals surface area contributed by atoms with E-state index in [0.29, 0.717) is 17.2 Å². The van der Waals surface area contributed by atoms with Gasteiger partial charge in [0.1, 0.15) is 0 Å². The minimum atomic E-state index is 0.589. The fraction of sp³-hybridized carbons (Fsp3) is 0.500. The number of hydrogen-bond donors (Lipinski definition) is 1. The van der Waals surface area contributed by atoms with Crippen LogP contribution in [0.4, 0.5) is 0 Å². The van der Waals surface area contributed by atoms with E-state index >= 15 is 0 Å². The molecule has 0 radical (unpaired) electrons. The van der Waals surface area contributed by atoms with Gasteiger partial charge in [-0.1, -0.05) is 0 Å². The van der Waals surface area contributed by atoms with E-state index in [2.05, 4.69) is 34.4 Å². The Labute approximate surface area is 167 Å². The molecule has 2 heterocycles. The van der Waals surface area contributed by atoms with Crippen LogP contribution in [0.1, 0.15) is 18.4 Å². The standard InChI is InChI=1S/C22H31N3O3/c1-25(14-16-5-8-23-9-6-16)15-17-7-10-24-19(11-17)18-12-20(26-2)22(28-4)21(13-18)27-3/h7,10-13,16,23H,5-6,8-9,14-15H2,1-4H3. The average Bonchev–Trinajstić information content (AvgIpc) is 2.73. The van der Waals surface area contributed by atoms with Crippen molar-refractivity contribution in [1.29, 1.82) is 0 Å². The molecule has 6 heteroatoms. The number of piperidine rings is 1. The van der Waals surface area contributed by atoms with E-state index < -0.39 is 0 Å². The smallest absolute Gasteiger partial charge is 0.203 e. The van der Waals surface area contributed by atoms with Crippen molar-refractivity contribution in [2.45, 2.75) is 19.4 Å². The van der Waals surface area contributed by atoms with Crippen LogP contribution in [0.2, 0.25) is 0 Å². The van der Waals surface area contributed by atoms with Gasteiger partial charge in [0.2, 0.25) is 5.75 Å². The van der Waals surface area contributed by atoms with Crippen LogP contribution in [-0.2, 0) is 6.54 Å². The lowest BCUT2D eigenvalue weighted by atomic mass is 9.97. The highest BCUT2D eigenvalue weighted by Gasteiger charge is 2.17. The monoisotopic (exact) mass is 385 g/mol. The number of ether oxygens (including phenoxy) is 3. The second kappa shape index (κ2) is 9.75. The quantitative estimate of drug-likeness (QED) is 0.753. The Kier molecular flexibility index (Phi) is 7.12. The second-order valence-electron chi connectivity index (χ2n) is 7.35. The minimum Gasteiger partial charge on any atom is -0.493 e. The van der Waals surface area contributed by atoms with Crippen LogP contribution in [0.3, 0.4) is 0 Å². The third kappa shape index (κ3) is 4.94.